The summed E-state index contributed by atoms with van der Waals surface area (Å²) in [6.45, 7) is 3.80. The molecule has 0 unspecified atom stereocenters. The third-order valence-corrected chi connectivity index (χ3v) is 2.45. The van der Waals surface area contributed by atoms with E-state index in [0.29, 0.717) is 23.6 Å². The molecule has 18 heavy (non-hydrogen) atoms. The van der Waals surface area contributed by atoms with Crippen LogP contribution in [0.2, 0.25) is 0 Å². The van der Waals surface area contributed by atoms with Gasteiger partial charge in [0, 0.05) is 5.56 Å². The molecule has 0 saturated heterocycles. The van der Waals surface area contributed by atoms with Crippen molar-refractivity contribution in [2.75, 3.05) is 6.61 Å². The van der Waals surface area contributed by atoms with Gasteiger partial charge in [0.05, 0.1) is 24.7 Å². The van der Waals surface area contributed by atoms with Gasteiger partial charge >= 0.3 is 0 Å². The zero-order valence-electron chi connectivity index (χ0n) is 10.2. The van der Waals surface area contributed by atoms with Gasteiger partial charge in [-0.05, 0) is 32.0 Å². The Morgan fingerprint density at radius 2 is 2.28 bits per heavy atom. The molecule has 0 aliphatic heterocycles. The summed E-state index contributed by atoms with van der Waals surface area (Å²) in [7, 11) is 0. The van der Waals surface area contributed by atoms with Crippen molar-refractivity contribution in [2.45, 2.75) is 13.8 Å². The number of benzene rings is 1. The van der Waals surface area contributed by atoms with Crippen LogP contribution in [0, 0.1) is 5.82 Å². The normalized spacial score (nSPS) is 10.4. The molecule has 0 aliphatic rings. The Kier molecular flexibility index (Phi) is 3.41. The maximum absolute atomic E-state index is 13.1. The standard InChI is InChI=1S/C13H13FN2O2/c1-3-18-11-7-15-16(8-11)13-5-4-10(14)6-12(13)9(2)17/h4-8H,3H2,1-2H3. The Morgan fingerprint density at radius 3 is 2.94 bits per heavy atom. The SMILES string of the molecule is CCOc1cnn(-c2ccc(F)cc2C(C)=O)c1. The van der Waals surface area contributed by atoms with E-state index in [9.17, 15) is 9.18 Å². The van der Waals surface area contributed by atoms with Gasteiger partial charge in [0.25, 0.3) is 0 Å². The summed E-state index contributed by atoms with van der Waals surface area (Å²) in [5.74, 6) is -0.0459. The van der Waals surface area contributed by atoms with Crippen LogP contribution in [-0.2, 0) is 0 Å². The van der Waals surface area contributed by atoms with E-state index in [-0.39, 0.29) is 5.78 Å². The van der Waals surface area contributed by atoms with Gasteiger partial charge in [-0.25, -0.2) is 9.07 Å². The van der Waals surface area contributed by atoms with Crippen LogP contribution in [-0.4, -0.2) is 22.2 Å². The molecule has 0 amide bonds. The second kappa shape index (κ2) is 5.00. The van der Waals surface area contributed by atoms with Gasteiger partial charge in [-0.15, -0.1) is 0 Å². The first kappa shape index (κ1) is 12.3. The molecule has 5 heteroatoms. The van der Waals surface area contributed by atoms with E-state index in [0.717, 1.165) is 0 Å². The Morgan fingerprint density at radius 1 is 1.50 bits per heavy atom. The molecule has 0 aliphatic carbocycles. The van der Waals surface area contributed by atoms with Crippen molar-refractivity contribution in [1.82, 2.24) is 9.78 Å². The number of ketones is 1. The lowest BCUT2D eigenvalue weighted by molar-refractivity contribution is 0.101. The number of rotatable bonds is 4. The molecule has 2 rings (SSSR count). The number of Topliss-reactive ketones (excluding diaryl/α,β-unsaturated/α-hetero) is 1. The molecule has 0 radical (unpaired) electrons. The number of carbonyl (C=O) groups excluding carboxylic acids is 1. The highest BCUT2D eigenvalue weighted by Gasteiger charge is 2.11. The molecule has 4 nitrogen and oxygen atoms in total. The maximum atomic E-state index is 13.1. The van der Waals surface area contributed by atoms with E-state index in [1.807, 2.05) is 6.92 Å². The average Bonchev–Trinajstić information content (AvgIpc) is 2.78. The summed E-state index contributed by atoms with van der Waals surface area (Å²) in [6, 6.07) is 4.03. The second-order valence-corrected chi connectivity index (χ2v) is 3.77. The molecule has 0 bridgehead atoms. The van der Waals surface area contributed by atoms with Gasteiger partial charge in [-0.3, -0.25) is 4.79 Å². The highest BCUT2D eigenvalue weighted by atomic mass is 19.1. The highest BCUT2D eigenvalue weighted by Crippen LogP contribution is 2.19. The fourth-order valence-electron chi connectivity index (χ4n) is 1.67. The molecule has 0 fully saturated rings. The monoisotopic (exact) mass is 248 g/mol. The van der Waals surface area contributed by atoms with Gasteiger partial charge in [0.15, 0.2) is 11.5 Å². The fourth-order valence-corrected chi connectivity index (χ4v) is 1.67. The lowest BCUT2D eigenvalue weighted by atomic mass is 10.1. The van der Waals surface area contributed by atoms with Crippen LogP contribution in [0.5, 0.6) is 5.75 Å². The van der Waals surface area contributed by atoms with E-state index < -0.39 is 5.82 Å². The summed E-state index contributed by atoms with van der Waals surface area (Å²) >= 11 is 0. The summed E-state index contributed by atoms with van der Waals surface area (Å²) in [5.41, 5.74) is 0.830. The van der Waals surface area contributed by atoms with Crippen molar-refractivity contribution in [3.05, 3.63) is 42.0 Å². The van der Waals surface area contributed by atoms with Crippen LogP contribution in [0.1, 0.15) is 24.2 Å². The minimum Gasteiger partial charge on any atom is -0.491 e. The first-order chi connectivity index (χ1) is 8.61. The maximum Gasteiger partial charge on any atom is 0.162 e. The van der Waals surface area contributed by atoms with Gasteiger partial charge in [0.2, 0.25) is 0 Å². The number of ether oxygens (including phenoxy) is 1. The number of aromatic nitrogens is 2. The van der Waals surface area contributed by atoms with E-state index in [1.54, 1.807) is 12.4 Å². The first-order valence-corrected chi connectivity index (χ1v) is 5.60. The highest BCUT2D eigenvalue weighted by molar-refractivity contribution is 5.97. The van der Waals surface area contributed by atoms with Crippen LogP contribution in [0.15, 0.2) is 30.6 Å². The van der Waals surface area contributed by atoms with Crippen molar-refractivity contribution in [2.24, 2.45) is 0 Å². The van der Waals surface area contributed by atoms with Crippen molar-refractivity contribution in [3.63, 3.8) is 0 Å². The van der Waals surface area contributed by atoms with E-state index in [4.69, 9.17) is 4.74 Å². The van der Waals surface area contributed by atoms with E-state index >= 15 is 0 Å². The fraction of sp³-hybridized carbons (Fsp3) is 0.231. The number of carbonyl (C=O) groups is 1. The Bertz CT molecular complexity index is 578. The van der Waals surface area contributed by atoms with E-state index in [1.165, 1.54) is 29.8 Å². The minimum atomic E-state index is -0.443. The molecule has 0 N–H and O–H groups in total. The lowest BCUT2D eigenvalue weighted by Crippen LogP contribution is -2.04. The average molecular weight is 248 g/mol. The molecule has 0 spiro atoms. The van der Waals surface area contributed by atoms with Crippen molar-refractivity contribution in [3.8, 4) is 11.4 Å². The van der Waals surface area contributed by atoms with Gasteiger partial charge in [0.1, 0.15) is 5.82 Å². The number of hydrogen-bond acceptors (Lipinski definition) is 3. The molecule has 2 aromatic rings. The van der Waals surface area contributed by atoms with Crippen LogP contribution < -0.4 is 4.74 Å². The third-order valence-electron chi connectivity index (χ3n) is 2.45. The number of nitrogens with zero attached hydrogens (tertiary/aromatic N) is 2. The topological polar surface area (TPSA) is 44.1 Å². The Labute approximate surface area is 104 Å². The van der Waals surface area contributed by atoms with Crippen molar-refractivity contribution in [1.29, 1.82) is 0 Å². The summed E-state index contributed by atoms with van der Waals surface area (Å²) in [4.78, 5) is 11.5. The largest absolute Gasteiger partial charge is 0.491 e. The van der Waals surface area contributed by atoms with Crippen molar-refractivity contribution < 1.29 is 13.9 Å². The van der Waals surface area contributed by atoms with Crippen LogP contribution in [0.3, 0.4) is 0 Å². The molecule has 0 atom stereocenters. The quantitative estimate of drug-likeness (QED) is 0.781. The van der Waals surface area contributed by atoms with Gasteiger partial charge < -0.3 is 4.74 Å². The second-order valence-electron chi connectivity index (χ2n) is 3.77. The molecule has 0 saturated carbocycles. The molecular weight excluding hydrogens is 235 g/mol. The van der Waals surface area contributed by atoms with E-state index in [2.05, 4.69) is 5.10 Å². The van der Waals surface area contributed by atoms with Crippen LogP contribution in [0.25, 0.3) is 5.69 Å². The lowest BCUT2D eigenvalue weighted by Gasteiger charge is -2.06. The predicted molar refractivity (Wildman–Crippen MR) is 64.7 cm³/mol. The number of halogens is 1. The van der Waals surface area contributed by atoms with Crippen LogP contribution in [0.4, 0.5) is 4.39 Å². The van der Waals surface area contributed by atoms with Crippen molar-refractivity contribution >= 4 is 5.78 Å². The van der Waals surface area contributed by atoms with Crippen LogP contribution >= 0.6 is 0 Å². The Hall–Kier alpha value is -2.17. The summed E-state index contributed by atoms with van der Waals surface area (Å²) in [5, 5.41) is 4.09. The smallest absolute Gasteiger partial charge is 0.162 e. The number of hydrogen-bond donors (Lipinski definition) is 0. The molecule has 1 aromatic heterocycles. The zero-order chi connectivity index (χ0) is 13.1. The molecule has 94 valence electrons. The summed E-state index contributed by atoms with van der Waals surface area (Å²) < 4.78 is 19.9. The van der Waals surface area contributed by atoms with Gasteiger partial charge in [-0.1, -0.05) is 0 Å². The summed E-state index contributed by atoms with van der Waals surface area (Å²) in [6.07, 6.45) is 3.21. The zero-order valence-corrected chi connectivity index (χ0v) is 10.2. The minimum absolute atomic E-state index is 0.210. The van der Waals surface area contributed by atoms with Gasteiger partial charge in [-0.2, -0.15) is 5.10 Å². The molecule has 1 heterocycles. The molecule has 1 aromatic carbocycles. The molecular formula is C13H13FN2O2. The Balaban J connectivity index is 2.45. The first-order valence-electron chi connectivity index (χ1n) is 5.60. The predicted octanol–water partition coefficient (Wildman–Crippen LogP) is 2.61. The third kappa shape index (κ3) is 2.40.